The lowest BCUT2D eigenvalue weighted by Crippen LogP contribution is -2.34. The quantitative estimate of drug-likeness (QED) is 0.809. The van der Waals surface area contributed by atoms with E-state index in [-0.39, 0.29) is 0 Å². The fourth-order valence-corrected chi connectivity index (χ4v) is 2.92. The molecule has 0 heterocycles. The van der Waals surface area contributed by atoms with Gasteiger partial charge in [-0.15, -0.1) is 0 Å². The van der Waals surface area contributed by atoms with Gasteiger partial charge in [-0.2, -0.15) is 0 Å². The topological polar surface area (TPSA) is 41.5 Å². The van der Waals surface area contributed by atoms with Crippen molar-refractivity contribution in [1.82, 2.24) is 5.32 Å². The molecule has 0 aromatic heterocycles. The first-order chi connectivity index (χ1) is 10.1. The fraction of sp³-hybridized carbons (Fsp3) is 0.647. The van der Waals surface area contributed by atoms with E-state index in [0.29, 0.717) is 13.2 Å². The van der Waals surface area contributed by atoms with E-state index in [4.69, 9.17) is 16.3 Å². The summed E-state index contributed by atoms with van der Waals surface area (Å²) in [6.45, 7) is 3.84. The van der Waals surface area contributed by atoms with Crippen molar-refractivity contribution in [1.29, 1.82) is 0 Å². The normalized spacial score (nSPS) is 17.7. The number of benzene rings is 1. The SMILES string of the molecule is Cc1cc(OCC(O)CNCC2CCCCC2)ccc1Cl. The Bertz CT molecular complexity index is 433. The molecule has 1 aliphatic rings. The van der Waals surface area contributed by atoms with Gasteiger partial charge in [-0.25, -0.2) is 0 Å². The number of hydrogen-bond acceptors (Lipinski definition) is 3. The van der Waals surface area contributed by atoms with Crippen LogP contribution < -0.4 is 10.1 Å². The van der Waals surface area contributed by atoms with Gasteiger partial charge in [-0.05, 0) is 56.0 Å². The van der Waals surface area contributed by atoms with Crippen LogP contribution >= 0.6 is 11.6 Å². The molecule has 0 saturated heterocycles. The first-order valence-corrected chi connectivity index (χ1v) is 8.30. The number of nitrogens with one attached hydrogen (secondary N) is 1. The van der Waals surface area contributed by atoms with Gasteiger partial charge in [0.05, 0.1) is 0 Å². The van der Waals surface area contributed by atoms with E-state index in [9.17, 15) is 5.11 Å². The van der Waals surface area contributed by atoms with Gasteiger partial charge in [-0.1, -0.05) is 30.9 Å². The summed E-state index contributed by atoms with van der Waals surface area (Å²) in [5.74, 6) is 1.54. The minimum Gasteiger partial charge on any atom is -0.491 e. The Morgan fingerprint density at radius 3 is 2.81 bits per heavy atom. The van der Waals surface area contributed by atoms with Gasteiger partial charge >= 0.3 is 0 Å². The molecule has 0 spiro atoms. The maximum Gasteiger partial charge on any atom is 0.119 e. The third kappa shape index (κ3) is 5.85. The highest BCUT2D eigenvalue weighted by atomic mass is 35.5. The van der Waals surface area contributed by atoms with Crippen molar-refractivity contribution in [3.63, 3.8) is 0 Å². The van der Waals surface area contributed by atoms with Crippen LogP contribution in [0, 0.1) is 12.8 Å². The second-order valence-corrected chi connectivity index (χ2v) is 6.45. The minimum atomic E-state index is -0.482. The van der Waals surface area contributed by atoms with Crippen molar-refractivity contribution in [3.05, 3.63) is 28.8 Å². The first kappa shape index (κ1) is 16.6. The molecule has 3 nitrogen and oxygen atoms in total. The van der Waals surface area contributed by atoms with Crippen molar-refractivity contribution in [2.75, 3.05) is 19.7 Å². The molecule has 1 aromatic carbocycles. The molecule has 1 saturated carbocycles. The second kappa shape index (κ2) is 8.62. The molecule has 1 fully saturated rings. The number of hydrogen-bond donors (Lipinski definition) is 2. The molecule has 0 radical (unpaired) electrons. The van der Waals surface area contributed by atoms with Gasteiger partial charge in [0.2, 0.25) is 0 Å². The summed E-state index contributed by atoms with van der Waals surface area (Å²) >= 11 is 5.97. The third-order valence-corrected chi connectivity index (χ3v) is 4.53. The summed E-state index contributed by atoms with van der Waals surface area (Å²) in [5, 5.41) is 14.0. The standard InChI is InChI=1S/C17H26ClNO2/c1-13-9-16(7-8-17(13)18)21-12-15(20)11-19-10-14-5-3-2-4-6-14/h7-9,14-15,19-20H,2-6,10-12H2,1H3. The smallest absolute Gasteiger partial charge is 0.119 e. The van der Waals surface area contributed by atoms with Crippen LogP contribution in [0.5, 0.6) is 5.75 Å². The van der Waals surface area contributed by atoms with Crippen LogP contribution in [0.4, 0.5) is 0 Å². The van der Waals surface area contributed by atoms with Gasteiger partial charge in [-0.3, -0.25) is 0 Å². The van der Waals surface area contributed by atoms with E-state index in [1.54, 1.807) is 0 Å². The molecular formula is C17H26ClNO2. The van der Waals surface area contributed by atoms with E-state index in [1.165, 1.54) is 32.1 Å². The number of ether oxygens (including phenoxy) is 1. The highest BCUT2D eigenvalue weighted by Gasteiger charge is 2.13. The first-order valence-electron chi connectivity index (χ1n) is 7.93. The van der Waals surface area contributed by atoms with Crippen LogP contribution in [0.1, 0.15) is 37.7 Å². The maximum absolute atomic E-state index is 9.95. The van der Waals surface area contributed by atoms with Crippen LogP contribution in [0.15, 0.2) is 18.2 Å². The average molecular weight is 312 g/mol. The highest BCUT2D eigenvalue weighted by Crippen LogP contribution is 2.23. The molecular weight excluding hydrogens is 286 g/mol. The van der Waals surface area contributed by atoms with Crippen LogP contribution in [0.2, 0.25) is 5.02 Å². The lowest BCUT2D eigenvalue weighted by Gasteiger charge is -2.22. The predicted octanol–water partition coefficient (Wildman–Crippen LogP) is 3.56. The number of aliphatic hydroxyl groups is 1. The summed E-state index contributed by atoms with van der Waals surface area (Å²) in [5.41, 5.74) is 0.985. The molecule has 1 aliphatic carbocycles. The lowest BCUT2D eigenvalue weighted by molar-refractivity contribution is 0.105. The average Bonchev–Trinajstić information content (AvgIpc) is 2.49. The molecule has 1 atom stereocenters. The zero-order valence-corrected chi connectivity index (χ0v) is 13.5. The molecule has 1 aromatic rings. The Hall–Kier alpha value is -0.770. The van der Waals surface area contributed by atoms with Crippen molar-refractivity contribution in [3.8, 4) is 5.75 Å². The maximum atomic E-state index is 9.95. The molecule has 0 aliphatic heterocycles. The zero-order chi connectivity index (χ0) is 15.1. The lowest BCUT2D eigenvalue weighted by atomic mass is 9.89. The van der Waals surface area contributed by atoms with Crippen LogP contribution in [0.25, 0.3) is 0 Å². The summed E-state index contributed by atoms with van der Waals surface area (Å²) in [7, 11) is 0. The Morgan fingerprint density at radius 2 is 2.10 bits per heavy atom. The summed E-state index contributed by atoms with van der Waals surface area (Å²) in [6.07, 6.45) is 6.26. The van der Waals surface area contributed by atoms with Crippen molar-refractivity contribution >= 4 is 11.6 Å². The second-order valence-electron chi connectivity index (χ2n) is 6.04. The van der Waals surface area contributed by atoms with Gasteiger partial charge in [0.1, 0.15) is 18.5 Å². The fourth-order valence-electron chi connectivity index (χ4n) is 2.80. The molecule has 1 unspecified atom stereocenters. The number of aliphatic hydroxyl groups excluding tert-OH is 1. The Morgan fingerprint density at radius 1 is 1.33 bits per heavy atom. The van der Waals surface area contributed by atoms with E-state index >= 15 is 0 Å². The predicted molar refractivity (Wildman–Crippen MR) is 87.1 cm³/mol. The number of rotatable bonds is 7. The molecule has 21 heavy (non-hydrogen) atoms. The van der Waals surface area contributed by atoms with E-state index < -0.39 is 6.10 Å². The molecule has 2 N–H and O–H groups in total. The van der Waals surface area contributed by atoms with Gasteiger partial charge < -0.3 is 15.2 Å². The summed E-state index contributed by atoms with van der Waals surface area (Å²) in [6, 6.07) is 5.54. The molecule has 0 bridgehead atoms. The third-order valence-electron chi connectivity index (χ3n) is 4.11. The molecule has 118 valence electrons. The van der Waals surface area contributed by atoms with Gasteiger partial charge in [0.15, 0.2) is 0 Å². The van der Waals surface area contributed by atoms with Crippen LogP contribution in [0.3, 0.4) is 0 Å². The molecule has 2 rings (SSSR count). The van der Waals surface area contributed by atoms with E-state index in [2.05, 4.69) is 5.32 Å². The van der Waals surface area contributed by atoms with E-state index in [1.807, 2.05) is 25.1 Å². The zero-order valence-electron chi connectivity index (χ0n) is 12.8. The summed E-state index contributed by atoms with van der Waals surface area (Å²) in [4.78, 5) is 0. The molecule has 0 amide bonds. The minimum absolute atomic E-state index is 0.304. The number of aryl methyl sites for hydroxylation is 1. The molecule has 4 heteroatoms. The Labute approximate surface area is 132 Å². The van der Waals surface area contributed by atoms with Crippen LogP contribution in [-0.4, -0.2) is 30.9 Å². The van der Waals surface area contributed by atoms with E-state index in [0.717, 1.165) is 28.8 Å². The van der Waals surface area contributed by atoms with Crippen molar-refractivity contribution < 1.29 is 9.84 Å². The monoisotopic (exact) mass is 311 g/mol. The van der Waals surface area contributed by atoms with Crippen LogP contribution in [-0.2, 0) is 0 Å². The largest absolute Gasteiger partial charge is 0.491 e. The Balaban J connectivity index is 1.62. The van der Waals surface area contributed by atoms with Gasteiger partial charge in [0.25, 0.3) is 0 Å². The Kier molecular flexibility index (Phi) is 6.81. The van der Waals surface area contributed by atoms with Crippen molar-refractivity contribution in [2.24, 2.45) is 5.92 Å². The number of halogens is 1. The van der Waals surface area contributed by atoms with Gasteiger partial charge in [0, 0.05) is 11.6 Å². The van der Waals surface area contributed by atoms with Crippen molar-refractivity contribution in [2.45, 2.75) is 45.1 Å². The highest BCUT2D eigenvalue weighted by molar-refractivity contribution is 6.31. The summed E-state index contributed by atoms with van der Waals surface area (Å²) < 4.78 is 5.60.